The fourth-order valence-corrected chi connectivity index (χ4v) is 2.64. The van der Waals surface area contributed by atoms with Crippen LogP contribution in [0, 0.1) is 11.0 Å². The second-order valence-corrected chi connectivity index (χ2v) is 5.23. The minimum atomic E-state index is -0.506. The van der Waals surface area contributed by atoms with E-state index in [2.05, 4.69) is 0 Å². The zero-order valence-electron chi connectivity index (χ0n) is 11.0. The van der Waals surface area contributed by atoms with Crippen molar-refractivity contribution in [1.82, 2.24) is 0 Å². The molecule has 1 aliphatic rings. The molecule has 1 aliphatic heterocycles. The van der Waals surface area contributed by atoms with Crippen LogP contribution >= 0.6 is 11.6 Å². The predicted molar refractivity (Wildman–Crippen MR) is 78.5 cm³/mol. The van der Waals surface area contributed by atoms with E-state index in [4.69, 9.17) is 11.6 Å². The van der Waals surface area contributed by atoms with Crippen molar-refractivity contribution in [3.63, 3.8) is 0 Å². The van der Waals surface area contributed by atoms with E-state index in [1.165, 1.54) is 18.2 Å². The van der Waals surface area contributed by atoms with Gasteiger partial charge in [0.25, 0.3) is 0 Å². The van der Waals surface area contributed by atoms with E-state index in [-0.39, 0.29) is 30.0 Å². The molecule has 0 aliphatic carbocycles. The smallest absolute Gasteiger partial charge is 0.229 e. The van der Waals surface area contributed by atoms with Gasteiger partial charge < -0.3 is 5.21 Å². The van der Waals surface area contributed by atoms with Crippen LogP contribution in [0.3, 0.4) is 0 Å². The summed E-state index contributed by atoms with van der Waals surface area (Å²) >= 11 is 5.98. The van der Waals surface area contributed by atoms with E-state index >= 15 is 0 Å². The van der Waals surface area contributed by atoms with Gasteiger partial charge in [-0.05, 0) is 30.3 Å². The lowest BCUT2D eigenvalue weighted by Crippen LogP contribution is -2.19. The molecule has 106 valence electrons. The molecule has 0 amide bonds. The van der Waals surface area contributed by atoms with Gasteiger partial charge in [0.15, 0.2) is 12.3 Å². The Kier molecular flexibility index (Phi) is 3.47. The SMILES string of the molecule is O=C1CC[N+]([O-])=C(c2ccccc2F)c2cc(Cl)ccc21. The van der Waals surface area contributed by atoms with E-state index in [1.807, 2.05) is 0 Å². The molecule has 0 bridgehead atoms. The van der Waals surface area contributed by atoms with E-state index in [0.29, 0.717) is 20.9 Å². The number of hydrogen-bond acceptors (Lipinski definition) is 2. The average Bonchev–Trinajstić information content (AvgIpc) is 2.58. The highest BCUT2D eigenvalue weighted by Crippen LogP contribution is 2.24. The number of hydroxylamine groups is 1. The molecular formula is C16H11ClFNO2. The second-order valence-electron chi connectivity index (χ2n) is 4.79. The molecule has 2 aromatic rings. The Morgan fingerprint density at radius 2 is 1.86 bits per heavy atom. The molecule has 0 saturated carbocycles. The molecule has 21 heavy (non-hydrogen) atoms. The zero-order chi connectivity index (χ0) is 15.0. The molecule has 0 atom stereocenters. The molecule has 0 spiro atoms. The Balaban J connectivity index is 2.32. The summed E-state index contributed by atoms with van der Waals surface area (Å²) in [7, 11) is 0. The van der Waals surface area contributed by atoms with Crippen LogP contribution in [0.15, 0.2) is 42.5 Å². The van der Waals surface area contributed by atoms with Crippen molar-refractivity contribution in [3.8, 4) is 0 Å². The van der Waals surface area contributed by atoms with Gasteiger partial charge in [0.1, 0.15) is 5.82 Å². The predicted octanol–water partition coefficient (Wildman–Crippen LogP) is 3.41. The van der Waals surface area contributed by atoms with Gasteiger partial charge in [0, 0.05) is 10.6 Å². The Morgan fingerprint density at radius 3 is 2.62 bits per heavy atom. The Labute approximate surface area is 125 Å². The maximum Gasteiger partial charge on any atom is 0.229 e. The number of ketones is 1. The first-order valence-corrected chi connectivity index (χ1v) is 6.85. The van der Waals surface area contributed by atoms with Crippen molar-refractivity contribution >= 4 is 23.1 Å². The van der Waals surface area contributed by atoms with E-state index in [1.54, 1.807) is 24.3 Å². The third kappa shape index (κ3) is 2.43. The highest BCUT2D eigenvalue weighted by molar-refractivity contribution is 6.31. The standard InChI is InChI=1S/C16H11ClFNO2/c17-10-5-6-11-13(9-10)16(19(21)8-7-15(11)20)12-3-1-2-4-14(12)18/h1-6,9H,7-8H2. The molecule has 2 aromatic carbocycles. The number of nitrogens with zero attached hydrogens (tertiary/aromatic N) is 1. The number of halogens is 2. The minimum Gasteiger partial charge on any atom is -0.623 e. The average molecular weight is 304 g/mol. The van der Waals surface area contributed by atoms with Gasteiger partial charge in [-0.25, -0.2) is 9.13 Å². The Hall–Kier alpha value is -2.20. The molecule has 3 rings (SSSR count). The number of carbonyl (C=O) groups is 1. The van der Waals surface area contributed by atoms with E-state index in [0.717, 1.165) is 0 Å². The molecule has 0 fully saturated rings. The number of Topliss-reactive ketones (excluding diaryl/α,β-unsaturated/α-hetero) is 1. The molecule has 0 unspecified atom stereocenters. The maximum atomic E-state index is 14.1. The van der Waals surface area contributed by atoms with Crippen LogP contribution in [0.2, 0.25) is 5.02 Å². The highest BCUT2D eigenvalue weighted by atomic mass is 35.5. The quantitative estimate of drug-likeness (QED) is 0.598. The van der Waals surface area contributed by atoms with Gasteiger partial charge >= 0.3 is 0 Å². The first-order chi connectivity index (χ1) is 10.1. The lowest BCUT2D eigenvalue weighted by Gasteiger charge is -2.11. The number of benzene rings is 2. The Bertz CT molecular complexity index is 771. The normalized spacial score (nSPS) is 14.9. The summed E-state index contributed by atoms with van der Waals surface area (Å²) in [6, 6.07) is 10.7. The fourth-order valence-electron chi connectivity index (χ4n) is 2.47. The zero-order valence-corrected chi connectivity index (χ0v) is 11.7. The third-order valence-corrected chi connectivity index (χ3v) is 3.69. The number of carbonyl (C=O) groups excluding carboxylic acids is 1. The minimum absolute atomic E-state index is 0.00516. The number of rotatable bonds is 1. The largest absolute Gasteiger partial charge is 0.623 e. The fraction of sp³-hybridized carbons (Fsp3) is 0.125. The van der Waals surface area contributed by atoms with Crippen LogP contribution in [-0.4, -0.2) is 22.8 Å². The van der Waals surface area contributed by atoms with Crippen LogP contribution in [0.4, 0.5) is 4.39 Å². The summed E-state index contributed by atoms with van der Waals surface area (Å²) in [4.78, 5) is 12.1. The van der Waals surface area contributed by atoms with Crippen molar-refractivity contribution in [2.24, 2.45) is 0 Å². The summed E-state index contributed by atoms with van der Waals surface area (Å²) < 4.78 is 14.7. The molecule has 0 N–H and O–H groups in total. The monoisotopic (exact) mass is 303 g/mol. The molecule has 0 saturated heterocycles. The van der Waals surface area contributed by atoms with Crippen LogP contribution in [0.5, 0.6) is 0 Å². The molecule has 3 nitrogen and oxygen atoms in total. The van der Waals surface area contributed by atoms with Gasteiger partial charge in [0.2, 0.25) is 5.71 Å². The van der Waals surface area contributed by atoms with Gasteiger partial charge in [-0.2, -0.15) is 0 Å². The van der Waals surface area contributed by atoms with Crippen LogP contribution < -0.4 is 0 Å². The molecule has 0 aromatic heterocycles. The number of fused-ring (bicyclic) bond motifs is 1. The molecule has 0 radical (unpaired) electrons. The van der Waals surface area contributed by atoms with Crippen molar-refractivity contribution in [3.05, 3.63) is 75.2 Å². The van der Waals surface area contributed by atoms with Crippen LogP contribution in [-0.2, 0) is 0 Å². The number of hydrogen-bond donors (Lipinski definition) is 0. The molecule has 5 heteroatoms. The maximum absolute atomic E-state index is 14.1. The summed E-state index contributed by atoms with van der Waals surface area (Å²) in [6.45, 7) is -0.00516. The third-order valence-electron chi connectivity index (χ3n) is 3.46. The van der Waals surface area contributed by atoms with Gasteiger partial charge in [-0.15, -0.1) is 0 Å². The summed E-state index contributed by atoms with van der Waals surface area (Å²) in [6.07, 6.45) is 0.0933. The van der Waals surface area contributed by atoms with Gasteiger partial charge in [0.05, 0.1) is 17.5 Å². The molecule has 1 heterocycles. The lowest BCUT2D eigenvalue weighted by atomic mass is 9.95. The van der Waals surface area contributed by atoms with Gasteiger partial charge in [-0.1, -0.05) is 23.7 Å². The summed E-state index contributed by atoms with van der Waals surface area (Å²) in [5, 5.41) is 12.7. The van der Waals surface area contributed by atoms with E-state index < -0.39 is 5.82 Å². The topological polar surface area (TPSA) is 43.1 Å². The first-order valence-electron chi connectivity index (χ1n) is 6.47. The summed E-state index contributed by atoms with van der Waals surface area (Å²) in [5.74, 6) is -0.650. The lowest BCUT2D eigenvalue weighted by molar-refractivity contribution is -0.454. The van der Waals surface area contributed by atoms with Crippen molar-refractivity contribution in [2.45, 2.75) is 6.42 Å². The Morgan fingerprint density at radius 1 is 1.10 bits per heavy atom. The molecular weight excluding hydrogens is 293 g/mol. The van der Waals surface area contributed by atoms with Crippen LogP contribution in [0.1, 0.15) is 27.9 Å². The first kappa shape index (κ1) is 13.8. The van der Waals surface area contributed by atoms with Crippen molar-refractivity contribution in [2.75, 3.05) is 6.54 Å². The van der Waals surface area contributed by atoms with Gasteiger partial charge in [-0.3, -0.25) is 4.79 Å². The van der Waals surface area contributed by atoms with Crippen molar-refractivity contribution < 1.29 is 13.9 Å². The summed E-state index contributed by atoms with van der Waals surface area (Å²) in [5.41, 5.74) is 1.10. The second kappa shape index (κ2) is 5.30. The van der Waals surface area contributed by atoms with Crippen molar-refractivity contribution in [1.29, 1.82) is 0 Å². The van der Waals surface area contributed by atoms with E-state index in [9.17, 15) is 14.4 Å². The highest BCUT2D eigenvalue weighted by Gasteiger charge is 2.28. The van der Waals surface area contributed by atoms with Crippen LogP contribution in [0.25, 0.3) is 0 Å².